The maximum absolute atomic E-state index is 11.8. The summed E-state index contributed by atoms with van der Waals surface area (Å²) in [4.78, 5) is 23.1. The summed E-state index contributed by atoms with van der Waals surface area (Å²) in [7, 11) is 2.20. The molecule has 1 atom stereocenters. The van der Waals surface area contributed by atoms with Gasteiger partial charge in [0.25, 0.3) is 0 Å². The van der Waals surface area contributed by atoms with Gasteiger partial charge in [0.05, 0.1) is 13.2 Å². The van der Waals surface area contributed by atoms with E-state index in [1.807, 2.05) is 6.92 Å². The number of rotatable bonds is 6. The number of amides is 1. The van der Waals surface area contributed by atoms with Gasteiger partial charge in [0.2, 0.25) is 0 Å². The summed E-state index contributed by atoms with van der Waals surface area (Å²) in [5, 5.41) is 3.38. The predicted octanol–water partition coefficient (Wildman–Crippen LogP) is 1.83. The van der Waals surface area contributed by atoms with Crippen LogP contribution >= 0.6 is 24.0 Å². The molecule has 2 aliphatic rings. The molecule has 0 aromatic carbocycles. The molecule has 146 valence electrons. The van der Waals surface area contributed by atoms with Gasteiger partial charge in [-0.2, -0.15) is 0 Å². The van der Waals surface area contributed by atoms with Crippen LogP contribution < -0.4 is 5.32 Å². The first-order chi connectivity index (χ1) is 11.6. The third-order valence-corrected chi connectivity index (χ3v) is 4.76. The number of ether oxygens (including phenoxy) is 1. The normalized spacial score (nSPS) is 19.5. The zero-order chi connectivity index (χ0) is 17.5. The highest BCUT2D eigenvalue weighted by Gasteiger charge is 2.29. The van der Waals surface area contributed by atoms with Crippen molar-refractivity contribution in [2.75, 3.05) is 52.9 Å². The number of carbonyl (C=O) groups is 1. The van der Waals surface area contributed by atoms with Crippen molar-refractivity contribution in [2.45, 2.75) is 45.7 Å². The largest absolute Gasteiger partial charge is 0.450 e. The first-order valence-electron chi connectivity index (χ1n) is 9.23. The van der Waals surface area contributed by atoms with Gasteiger partial charge in [0.15, 0.2) is 5.96 Å². The predicted molar refractivity (Wildman–Crippen MR) is 112 cm³/mol. The summed E-state index contributed by atoms with van der Waals surface area (Å²) < 4.78 is 5.08. The Hall–Kier alpha value is -0.770. The van der Waals surface area contributed by atoms with Crippen molar-refractivity contribution < 1.29 is 9.53 Å². The highest BCUT2D eigenvalue weighted by atomic mass is 127. The number of likely N-dealkylation sites (N-methyl/N-ethyl adjacent to an activating group) is 1. The summed E-state index contributed by atoms with van der Waals surface area (Å²) in [6, 6.07) is 1.21. The number of nitrogens with zero attached hydrogens (tertiary/aromatic N) is 4. The lowest BCUT2D eigenvalue weighted by atomic mass is 10.3. The molecule has 1 N–H and O–H groups in total. The molecule has 1 unspecified atom stereocenters. The van der Waals surface area contributed by atoms with E-state index in [9.17, 15) is 4.79 Å². The number of guanidine groups is 1. The SMILES string of the molecule is CCNC(=NCC(C)N(C)C1CC1)N1CCN(C(=O)OCC)CC1.I. The molecule has 1 aliphatic heterocycles. The van der Waals surface area contributed by atoms with E-state index in [1.54, 1.807) is 4.90 Å². The summed E-state index contributed by atoms with van der Waals surface area (Å²) in [6.07, 6.45) is 2.43. The van der Waals surface area contributed by atoms with Gasteiger partial charge in [-0.3, -0.25) is 9.89 Å². The smallest absolute Gasteiger partial charge is 0.409 e. The van der Waals surface area contributed by atoms with Crippen LogP contribution in [0.1, 0.15) is 33.6 Å². The van der Waals surface area contributed by atoms with E-state index in [-0.39, 0.29) is 30.1 Å². The zero-order valence-electron chi connectivity index (χ0n) is 16.0. The molecule has 7 nitrogen and oxygen atoms in total. The van der Waals surface area contributed by atoms with Crippen LogP contribution in [0.25, 0.3) is 0 Å². The number of nitrogens with one attached hydrogen (secondary N) is 1. The Morgan fingerprint density at radius 3 is 2.36 bits per heavy atom. The lowest BCUT2D eigenvalue weighted by molar-refractivity contribution is 0.0914. The molecule has 0 aromatic heterocycles. The van der Waals surface area contributed by atoms with Crippen LogP contribution in [0.4, 0.5) is 4.79 Å². The van der Waals surface area contributed by atoms with Crippen molar-refractivity contribution in [3.05, 3.63) is 0 Å². The average molecular weight is 467 g/mol. The van der Waals surface area contributed by atoms with Crippen molar-refractivity contribution in [1.29, 1.82) is 0 Å². The van der Waals surface area contributed by atoms with Crippen molar-refractivity contribution in [1.82, 2.24) is 20.0 Å². The van der Waals surface area contributed by atoms with Crippen LogP contribution in [0.3, 0.4) is 0 Å². The topological polar surface area (TPSA) is 60.4 Å². The first kappa shape index (κ1) is 22.3. The highest BCUT2D eigenvalue weighted by molar-refractivity contribution is 14.0. The van der Waals surface area contributed by atoms with E-state index in [2.05, 4.69) is 36.0 Å². The van der Waals surface area contributed by atoms with Crippen molar-refractivity contribution in [3.8, 4) is 0 Å². The number of carbonyl (C=O) groups excluding carboxylic acids is 1. The number of halogens is 1. The number of aliphatic imine (C=N–C) groups is 1. The van der Waals surface area contributed by atoms with Crippen LogP contribution in [0, 0.1) is 0 Å². The third kappa shape index (κ3) is 6.80. The van der Waals surface area contributed by atoms with E-state index in [1.165, 1.54) is 12.8 Å². The second-order valence-electron chi connectivity index (χ2n) is 6.61. The fourth-order valence-electron chi connectivity index (χ4n) is 2.93. The molecule has 8 heteroatoms. The quantitative estimate of drug-likeness (QED) is 0.367. The van der Waals surface area contributed by atoms with E-state index < -0.39 is 0 Å². The van der Waals surface area contributed by atoms with Gasteiger partial charge in [0, 0.05) is 44.8 Å². The summed E-state index contributed by atoms with van der Waals surface area (Å²) in [5.74, 6) is 0.956. The summed E-state index contributed by atoms with van der Waals surface area (Å²) in [5.41, 5.74) is 0. The first-order valence-corrected chi connectivity index (χ1v) is 9.23. The molecule has 0 aromatic rings. The van der Waals surface area contributed by atoms with Gasteiger partial charge < -0.3 is 19.9 Å². The fourth-order valence-corrected chi connectivity index (χ4v) is 2.93. The Kier molecular flexibility index (Phi) is 9.84. The molecule has 0 radical (unpaired) electrons. The van der Waals surface area contributed by atoms with Crippen molar-refractivity contribution >= 4 is 36.0 Å². The van der Waals surface area contributed by atoms with Crippen LogP contribution in [-0.4, -0.2) is 91.8 Å². The number of hydrogen-bond acceptors (Lipinski definition) is 4. The second kappa shape index (κ2) is 11.1. The molecule has 0 spiro atoms. The number of piperazine rings is 1. The van der Waals surface area contributed by atoms with E-state index in [0.29, 0.717) is 25.7 Å². The van der Waals surface area contributed by atoms with Gasteiger partial charge >= 0.3 is 6.09 Å². The van der Waals surface area contributed by atoms with Gasteiger partial charge in [-0.25, -0.2) is 4.79 Å². The second-order valence-corrected chi connectivity index (χ2v) is 6.61. The van der Waals surface area contributed by atoms with E-state index >= 15 is 0 Å². The molecule has 0 bridgehead atoms. The maximum Gasteiger partial charge on any atom is 0.409 e. The standard InChI is InChI=1S/C17H33N5O2.HI/c1-5-18-16(19-13-14(3)20(4)15-7-8-15)21-9-11-22(12-10-21)17(23)24-6-2;/h14-15H,5-13H2,1-4H3,(H,18,19);1H. The summed E-state index contributed by atoms with van der Waals surface area (Å²) >= 11 is 0. The van der Waals surface area contributed by atoms with E-state index in [4.69, 9.17) is 9.73 Å². The molecule has 2 fully saturated rings. The fraction of sp³-hybridized carbons (Fsp3) is 0.882. The molecular weight excluding hydrogens is 433 g/mol. The Morgan fingerprint density at radius 1 is 1.24 bits per heavy atom. The molecular formula is C17H34IN5O2. The van der Waals surface area contributed by atoms with Crippen LogP contribution in [-0.2, 0) is 4.74 Å². The molecule has 1 saturated carbocycles. The van der Waals surface area contributed by atoms with Gasteiger partial charge in [-0.1, -0.05) is 0 Å². The number of hydrogen-bond donors (Lipinski definition) is 1. The Bertz CT molecular complexity index is 437. The molecule has 1 amide bonds. The van der Waals surface area contributed by atoms with Crippen molar-refractivity contribution in [2.24, 2.45) is 4.99 Å². The molecule has 2 rings (SSSR count). The minimum atomic E-state index is -0.209. The molecule has 25 heavy (non-hydrogen) atoms. The lowest BCUT2D eigenvalue weighted by Crippen LogP contribution is -2.54. The van der Waals surface area contributed by atoms with Gasteiger partial charge in [0.1, 0.15) is 0 Å². The summed E-state index contributed by atoms with van der Waals surface area (Å²) in [6.45, 7) is 11.2. The third-order valence-electron chi connectivity index (χ3n) is 4.76. The minimum Gasteiger partial charge on any atom is -0.450 e. The maximum atomic E-state index is 11.8. The molecule has 1 aliphatic carbocycles. The van der Waals surface area contributed by atoms with Crippen LogP contribution in [0.15, 0.2) is 4.99 Å². The monoisotopic (exact) mass is 467 g/mol. The van der Waals surface area contributed by atoms with Crippen molar-refractivity contribution in [3.63, 3.8) is 0 Å². The Labute approximate surface area is 169 Å². The Morgan fingerprint density at radius 2 is 1.84 bits per heavy atom. The zero-order valence-corrected chi connectivity index (χ0v) is 18.4. The molecule has 1 heterocycles. The highest BCUT2D eigenvalue weighted by Crippen LogP contribution is 2.26. The molecule has 1 saturated heterocycles. The lowest BCUT2D eigenvalue weighted by Gasteiger charge is -2.36. The van der Waals surface area contributed by atoms with Gasteiger partial charge in [-0.15, -0.1) is 24.0 Å². The average Bonchev–Trinajstić information content (AvgIpc) is 3.43. The van der Waals surface area contributed by atoms with Crippen LogP contribution in [0.5, 0.6) is 0 Å². The Balaban J connectivity index is 0.00000312. The van der Waals surface area contributed by atoms with Gasteiger partial charge in [-0.05, 0) is 40.7 Å². The van der Waals surface area contributed by atoms with Crippen LogP contribution in [0.2, 0.25) is 0 Å². The van der Waals surface area contributed by atoms with E-state index in [0.717, 1.165) is 38.2 Å². The minimum absolute atomic E-state index is 0.